The van der Waals surface area contributed by atoms with Gasteiger partial charge >= 0.3 is 0 Å². The van der Waals surface area contributed by atoms with Crippen molar-refractivity contribution in [1.82, 2.24) is 15.2 Å². The minimum absolute atomic E-state index is 0.124. The van der Waals surface area contributed by atoms with Gasteiger partial charge in [0.25, 0.3) is 0 Å². The maximum Gasteiger partial charge on any atom is 0.193 e. The molecule has 1 saturated carbocycles. The van der Waals surface area contributed by atoms with Crippen LogP contribution in [0.2, 0.25) is 0 Å². The van der Waals surface area contributed by atoms with E-state index in [4.69, 9.17) is 0 Å². The Balaban J connectivity index is 1.33. The zero-order valence-corrected chi connectivity index (χ0v) is 15.7. The van der Waals surface area contributed by atoms with Crippen molar-refractivity contribution < 1.29 is 4.39 Å². The van der Waals surface area contributed by atoms with E-state index in [1.165, 1.54) is 5.56 Å². The van der Waals surface area contributed by atoms with E-state index in [-0.39, 0.29) is 11.2 Å². The molecule has 1 aromatic heterocycles. The first kappa shape index (κ1) is 17.8. The smallest absolute Gasteiger partial charge is 0.193 e. The quantitative estimate of drug-likeness (QED) is 0.667. The molecule has 2 fully saturated rings. The molecule has 1 saturated heterocycles. The number of hydrogen-bond donors (Lipinski definition) is 1. The van der Waals surface area contributed by atoms with Gasteiger partial charge in [0.1, 0.15) is 11.6 Å². The monoisotopic (exact) mass is 367 g/mol. The fourth-order valence-electron chi connectivity index (χ4n) is 3.79. The number of piperazine rings is 1. The lowest BCUT2D eigenvalue weighted by Gasteiger charge is -2.37. The van der Waals surface area contributed by atoms with E-state index in [9.17, 15) is 4.39 Å². The first-order valence-electron chi connectivity index (χ1n) is 9.58. The van der Waals surface area contributed by atoms with Gasteiger partial charge in [0.05, 0.1) is 0 Å². The number of nitrogens with zero attached hydrogens (tertiary/aromatic N) is 4. The molecule has 142 valence electrons. The maximum atomic E-state index is 13.2. The second-order valence-corrected chi connectivity index (χ2v) is 7.35. The lowest BCUT2D eigenvalue weighted by Crippen LogP contribution is -2.53. The number of guanidine groups is 1. The van der Waals surface area contributed by atoms with Crippen LogP contribution >= 0.6 is 0 Å². The lowest BCUT2D eigenvalue weighted by atomic mass is 9.96. The summed E-state index contributed by atoms with van der Waals surface area (Å²) in [4.78, 5) is 13.5. The summed E-state index contributed by atoms with van der Waals surface area (Å²) < 4.78 is 13.2. The zero-order chi connectivity index (χ0) is 18.7. The van der Waals surface area contributed by atoms with Crippen LogP contribution in [0, 0.1) is 5.82 Å². The predicted octanol–water partition coefficient (Wildman–Crippen LogP) is 2.65. The van der Waals surface area contributed by atoms with Gasteiger partial charge in [0.2, 0.25) is 0 Å². The number of anilines is 1. The molecular weight excluding hydrogens is 341 g/mol. The number of pyridine rings is 1. The Morgan fingerprint density at radius 1 is 1.11 bits per heavy atom. The van der Waals surface area contributed by atoms with Gasteiger partial charge in [-0.1, -0.05) is 18.2 Å². The Bertz CT molecular complexity index is 778. The van der Waals surface area contributed by atoms with Gasteiger partial charge in [-0.05, 0) is 42.7 Å². The number of hydrogen-bond acceptors (Lipinski definition) is 3. The lowest BCUT2D eigenvalue weighted by molar-refractivity contribution is 0.369. The van der Waals surface area contributed by atoms with Gasteiger partial charge in [-0.2, -0.15) is 0 Å². The van der Waals surface area contributed by atoms with Crippen LogP contribution in [0.1, 0.15) is 18.4 Å². The van der Waals surface area contributed by atoms with Crippen LogP contribution in [0.5, 0.6) is 0 Å². The first-order chi connectivity index (χ1) is 13.2. The van der Waals surface area contributed by atoms with Crippen LogP contribution in [0.15, 0.2) is 53.7 Å². The van der Waals surface area contributed by atoms with E-state index >= 15 is 0 Å². The third kappa shape index (κ3) is 3.89. The van der Waals surface area contributed by atoms with Gasteiger partial charge in [-0.25, -0.2) is 9.37 Å². The van der Waals surface area contributed by atoms with Crippen molar-refractivity contribution in [2.24, 2.45) is 4.99 Å². The average Bonchev–Trinajstić information content (AvgIpc) is 3.51. The minimum Gasteiger partial charge on any atom is -0.355 e. The zero-order valence-electron chi connectivity index (χ0n) is 15.7. The van der Waals surface area contributed by atoms with Gasteiger partial charge in [-0.15, -0.1) is 0 Å². The predicted molar refractivity (Wildman–Crippen MR) is 107 cm³/mol. The number of benzene rings is 1. The van der Waals surface area contributed by atoms with Crippen LogP contribution in [-0.4, -0.2) is 55.6 Å². The molecule has 2 aromatic rings. The number of aromatic nitrogens is 1. The molecule has 1 aliphatic carbocycles. The maximum absolute atomic E-state index is 13.2. The van der Waals surface area contributed by atoms with E-state index in [1.54, 1.807) is 12.1 Å². The topological polar surface area (TPSA) is 43.8 Å². The number of aliphatic imine (C=N–C) groups is 1. The highest BCUT2D eigenvalue weighted by Gasteiger charge is 2.44. The third-order valence-corrected chi connectivity index (χ3v) is 5.66. The van der Waals surface area contributed by atoms with Crippen molar-refractivity contribution in [3.05, 3.63) is 60.0 Å². The second kappa shape index (κ2) is 7.55. The molecule has 2 aliphatic rings. The van der Waals surface area contributed by atoms with Crippen molar-refractivity contribution >= 4 is 11.8 Å². The Labute approximate surface area is 159 Å². The van der Waals surface area contributed by atoms with Crippen LogP contribution < -0.4 is 10.2 Å². The molecule has 0 radical (unpaired) electrons. The summed E-state index contributed by atoms with van der Waals surface area (Å²) >= 11 is 0. The van der Waals surface area contributed by atoms with Crippen LogP contribution in [0.4, 0.5) is 10.2 Å². The summed E-state index contributed by atoms with van der Waals surface area (Å²) in [6.07, 6.45) is 4.11. The molecule has 2 heterocycles. The van der Waals surface area contributed by atoms with Crippen molar-refractivity contribution in [2.75, 3.05) is 44.7 Å². The van der Waals surface area contributed by atoms with E-state index < -0.39 is 0 Å². The Hall–Kier alpha value is -2.63. The Kier molecular flexibility index (Phi) is 4.97. The van der Waals surface area contributed by atoms with Gasteiger partial charge in [0, 0.05) is 51.4 Å². The van der Waals surface area contributed by atoms with Gasteiger partial charge < -0.3 is 15.1 Å². The molecule has 0 atom stereocenters. The van der Waals surface area contributed by atoms with Crippen LogP contribution in [0.25, 0.3) is 0 Å². The molecule has 0 amide bonds. The summed E-state index contributed by atoms with van der Waals surface area (Å²) in [5, 5.41) is 3.56. The van der Waals surface area contributed by atoms with Crippen molar-refractivity contribution in [2.45, 2.75) is 18.3 Å². The minimum atomic E-state index is -0.177. The largest absolute Gasteiger partial charge is 0.355 e. The number of halogens is 1. The second-order valence-electron chi connectivity index (χ2n) is 7.35. The van der Waals surface area contributed by atoms with Gasteiger partial charge in [-0.3, -0.25) is 4.99 Å². The highest BCUT2D eigenvalue weighted by Crippen LogP contribution is 2.47. The highest BCUT2D eigenvalue weighted by molar-refractivity contribution is 5.80. The molecular formula is C21H26FN5. The highest BCUT2D eigenvalue weighted by atomic mass is 19.1. The summed E-state index contributed by atoms with van der Waals surface area (Å²) in [5.74, 6) is 1.81. The molecule has 6 heteroatoms. The molecule has 0 bridgehead atoms. The summed E-state index contributed by atoms with van der Waals surface area (Å²) in [6.45, 7) is 4.53. The summed E-state index contributed by atoms with van der Waals surface area (Å²) in [7, 11) is 1.84. The molecule has 1 aliphatic heterocycles. The van der Waals surface area contributed by atoms with Gasteiger partial charge in [0.15, 0.2) is 5.96 Å². The van der Waals surface area contributed by atoms with Crippen molar-refractivity contribution in [3.63, 3.8) is 0 Å². The Morgan fingerprint density at radius 3 is 2.44 bits per heavy atom. The summed E-state index contributed by atoms with van der Waals surface area (Å²) in [6, 6.07) is 13.0. The van der Waals surface area contributed by atoms with Crippen molar-refractivity contribution in [3.8, 4) is 0 Å². The third-order valence-electron chi connectivity index (χ3n) is 5.66. The normalized spacial score (nSPS) is 19.1. The first-order valence-corrected chi connectivity index (χ1v) is 9.58. The van der Waals surface area contributed by atoms with Crippen LogP contribution in [-0.2, 0) is 5.41 Å². The Morgan fingerprint density at radius 2 is 1.85 bits per heavy atom. The fourth-order valence-corrected chi connectivity index (χ4v) is 3.79. The fraction of sp³-hybridized carbons (Fsp3) is 0.429. The van der Waals surface area contributed by atoms with E-state index in [0.717, 1.165) is 57.3 Å². The van der Waals surface area contributed by atoms with E-state index in [2.05, 4.69) is 31.2 Å². The van der Waals surface area contributed by atoms with Crippen LogP contribution in [0.3, 0.4) is 0 Å². The number of rotatable bonds is 4. The standard InChI is InChI=1S/C21H26FN5/c1-23-20(25-16-21(9-10-21)17-5-7-18(22)8-6-17)27-14-12-26(13-15-27)19-4-2-3-11-24-19/h2-8,11H,9-10,12-16H2,1H3,(H,23,25). The number of nitrogens with one attached hydrogen (secondary N) is 1. The van der Waals surface area contributed by atoms with Crippen molar-refractivity contribution in [1.29, 1.82) is 0 Å². The summed E-state index contributed by atoms with van der Waals surface area (Å²) in [5.41, 5.74) is 1.34. The molecule has 0 spiro atoms. The molecule has 1 aromatic carbocycles. The molecule has 1 N–H and O–H groups in total. The molecule has 5 nitrogen and oxygen atoms in total. The average molecular weight is 367 g/mol. The molecule has 27 heavy (non-hydrogen) atoms. The SMILES string of the molecule is CN=C(NCC1(c2ccc(F)cc2)CC1)N1CCN(c2ccccn2)CC1. The van der Waals surface area contributed by atoms with E-state index in [1.807, 2.05) is 37.5 Å². The van der Waals surface area contributed by atoms with E-state index in [0.29, 0.717) is 0 Å². The molecule has 4 rings (SSSR count). The molecule has 0 unspecified atom stereocenters.